The summed E-state index contributed by atoms with van der Waals surface area (Å²) in [6.45, 7) is 2.60. The van der Waals surface area contributed by atoms with E-state index in [2.05, 4.69) is 10.2 Å². The molecule has 1 heterocycles. The molecule has 0 radical (unpaired) electrons. The monoisotopic (exact) mass is 270 g/mol. The zero-order chi connectivity index (χ0) is 13.7. The summed E-state index contributed by atoms with van der Waals surface area (Å²) in [5.41, 5.74) is 0. The average Bonchev–Trinajstić information content (AvgIpc) is 3.19. The number of carbonyl (C=O) groups excluding carboxylic acids is 1. The van der Waals surface area contributed by atoms with E-state index in [4.69, 9.17) is 9.84 Å². The van der Waals surface area contributed by atoms with Gasteiger partial charge in [-0.1, -0.05) is 0 Å². The summed E-state index contributed by atoms with van der Waals surface area (Å²) in [5.74, 6) is -0.703. The van der Waals surface area contributed by atoms with Gasteiger partial charge < -0.3 is 15.2 Å². The SMILES string of the molecule is O=C(O)CCCCN1CCOCC1C(=O)NC1CC1. The van der Waals surface area contributed by atoms with Gasteiger partial charge in [0.05, 0.1) is 13.2 Å². The number of carbonyl (C=O) groups is 2. The molecule has 0 aromatic heterocycles. The first kappa shape index (κ1) is 14.3. The lowest BCUT2D eigenvalue weighted by molar-refractivity contribution is -0.137. The van der Waals surface area contributed by atoms with Crippen LogP contribution in [0, 0.1) is 0 Å². The van der Waals surface area contributed by atoms with E-state index >= 15 is 0 Å². The first-order valence-corrected chi connectivity index (χ1v) is 7.01. The van der Waals surface area contributed by atoms with Crippen LogP contribution < -0.4 is 5.32 Å². The van der Waals surface area contributed by atoms with Gasteiger partial charge in [-0.05, 0) is 32.2 Å². The topological polar surface area (TPSA) is 78.9 Å². The molecule has 6 heteroatoms. The molecule has 2 rings (SSSR count). The third kappa shape index (κ3) is 4.80. The number of carboxylic acids is 1. The van der Waals surface area contributed by atoms with E-state index in [9.17, 15) is 9.59 Å². The van der Waals surface area contributed by atoms with Gasteiger partial charge in [0.1, 0.15) is 6.04 Å². The van der Waals surface area contributed by atoms with Gasteiger partial charge in [-0.15, -0.1) is 0 Å². The Hall–Kier alpha value is -1.14. The fourth-order valence-electron chi connectivity index (χ4n) is 2.26. The van der Waals surface area contributed by atoms with Gasteiger partial charge in [-0.25, -0.2) is 0 Å². The summed E-state index contributed by atoms with van der Waals surface area (Å²) >= 11 is 0. The summed E-state index contributed by atoms with van der Waals surface area (Å²) in [6.07, 6.45) is 3.82. The van der Waals surface area contributed by atoms with Crippen LogP contribution in [0.15, 0.2) is 0 Å². The second kappa shape index (κ2) is 6.86. The second-order valence-corrected chi connectivity index (χ2v) is 5.26. The molecular formula is C13H22N2O4. The molecule has 0 bridgehead atoms. The standard InChI is InChI=1S/C13H22N2O4/c16-12(17)3-1-2-6-15-7-8-19-9-11(15)13(18)14-10-4-5-10/h10-11H,1-9H2,(H,14,18)(H,16,17). The van der Waals surface area contributed by atoms with Gasteiger partial charge in [0.15, 0.2) is 0 Å². The highest BCUT2D eigenvalue weighted by Crippen LogP contribution is 2.19. The van der Waals surface area contributed by atoms with Gasteiger partial charge >= 0.3 is 5.97 Å². The van der Waals surface area contributed by atoms with Crippen LogP contribution >= 0.6 is 0 Å². The number of morpholine rings is 1. The number of nitrogens with one attached hydrogen (secondary N) is 1. The van der Waals surface area contributed by atoms with Crippen molar-refractivity contribution >= 4 is 11.9 Å². The van der Waals surface area contributed by atoms with Crippen molar-refractivity contribution in [2.75, 3.05) is 26.3 Å². The normalized spacial score (nSPS) is 24.1. The Morgan fingerprint density at radius 1 is 1.32 bits per heavy atom. The predicted octanol–water partition coefficient (Wildman–Crippen LogP) is 0.221. The van der Waals surface area contributed by atoms with Crippen LogP contribution in [-0.4, -0.2) is 60.3 Å². The lowest BCUT2D eigenvalue weighted by atomic mass is 10.1. The lowest BCUT2D eigenvalue weighted by Crippen LogP contribution is -2.54. The van der Waals surface area contributed by atoms with Crippen molar-refractivity contribution in [1.82, 2.24) is 10.2 Å². The van der Waals surface area contributed by atoms with E-state index in [0.29, 0.717) is 25.7 Å². The molecule has 0 spiro atoms. The van der Waals surface area contributed by atoms with Crippen LogP contribution in [-0.2, 0) is 14.3 Å². The summed E-state index contributed by atoms with van der Waals surface area (Å²) in [6, 6.07) is 0.155. The van der Waals surface area contributed by atoms with Crippen LogP contribution in [0.3, 0.4) is 0 Å². The van der Waals surface area contributed by atoms with Gasteiger partial charge in [0.25, 0.3) is 0 Å². The van der Waals surface area contributed by atoms with Gasteiger partial charge in [0, 0.05) is 19.0 Å². The molecule has 0 aromatic rings. The highest BCUT2D eigenvalue weighted by Gasteiger charge is 2.32. The zero-order valence-electron chi connectivity index (χ0n) is 11.1. The largest absolute Gasteiger partial charge is 0.481 e. The second-order valence-electron chi connectivity index (χ2n) is 5.26. The minimum absolute atomic E-state index is 0.0560. The molecule has 1 amide bonds. The number of nitrogens with zero attached hydrogens (tertiary/aromatic N) is 1. The first-order valence-electron chi connectivity index (χ1n) is 7.01. The molecule has 6 nitrogen and oxygen atoms in total. The maximum atomic E-state index is 12.1. The number of unbranched alkanes of at least 4 members (excludes halogenated alkanes) is 1. The third-order valence-corrected chi connectivity index (χ3v) is 3.55. The van der Waals surface area contributed by atoms with Gasteiger partial charge in [-0.3, -0.25) is 14.5 Å². The van der Waals surface area contributed by atoms with Crippen LogP contribution in [0.1, 0.15) is 32.1 Å². The van der Waals surface area contributed by atoms with Crippen LogP contribution in [0.5, 0.6) is 0 Å². The summed E-state index contributed by atoms with van der Waals surface area (Å²) in [7, 11) is 0. The number of amides is 1. The lowest BCUT2D eigenvalue weighted by Gasteiger charge is -2.34. The van der Waals surface area contributed by atoms with Crippen molar-refractivity contribution in [3.8, 4) is 0 Å². The van der Waals surface area contributed by atoms with E-state index in [1.165, 1.54) is 0 Å². The predicted molar refractivity (Wildman–Crippen MR) is 68.8 cm³/mol. The first-order chi connectivity index (χ1) is 9.16. The van der Waals surface area contributed by atoms with E-state index in [1.807, 2.05) is 0 Å². The Morgan fingerprint density at radius 2 is 2.11 bits per heavy atom. The zero-order valence-corrected chi connectivity index (χ0v) is 11.1. The maximum Gasteiger partial charge on any atom is 0.303 e. The quantitative estimate of drug-likeness (QED) is 0.647. The average molecular weight is 270 g/mol. The number of hydrogen-bond donors (Lipinski definition) is 2. The molecule has 1 aliphatic heterocycles. The molecular weight excluding hydrogens is 248 g/mol. The van der Waals surface area contributed by atoms with Crippen LogP contribution in [0.4, 0.5) is 0 Å². The maximum absolute atomic E-state index is 12.1. The Balaban J connectivity index is 1.74. The number of carboxylic acid groups (broad SMARTS) is 1. The molecule has 2 aliphatic rings. The van der Waals surface area contributed by atoms with E-state index in [0.717, 1.165) is 32.4 Å². The number of ether oxygens (including phenoxy) is 1. The summed E-state index contributed by atoms with van der Waals surface area (Å²) < 4.78 is 5.38. The highest BCUT2D eigenvalue weighted by atomic mass is 16.5. The van der Waals surface area contributed by atoms with Gasteiger partial charge in [0.2, 0.25) is 5.91 Å². The molecule has 108 valence electrons. The van der Waals surface area contributed by atoms with Crippen molar-refractivity contribution in [2.24, 2.45) is 0 Å². The molecule has 2 fully saturated rings. The highest BCUT2D eigenvalue weighted by molar-refractivity contribution is 5.82. The third-order valence-electron chi connectivity index (χ3n) is 3.55. The molecule has 1 unspecified atom stereocenters. The van der Waals surface area contributed by atoms with Crippen molar-refractivity contribution in [3.63, 3.8) is 0 Å². The Labute approximate surface area is 113 Å². The Bertz CT molecular complexity index is 331. The minimum atomic E-state index is -0.759. The van der Waals surface area contributed by atoms with E-state index in [-0.39, 0.29) is 18.4 Å². The molecule has 1 saturated heterocycles. The number of aliphatic carboxylic acids is 1. The minimum Gasteiger partial charge on any atom is -0.481 e. The number of rotatable bonds is 7. The van der Waals surface area contributed by atoms with Gasteiger partial charge in [-0.2, -0.15) is 0 Å². The van der Waals surface area contributed by atoms with E-state index in [1.54, 1.807) is 0 Å². The Morgan fingerprint density at radius 3 is 2.79 bits per heavy atom. The number of hydrogen-bond acceptors (Lipinski definition) is 4. The fourth-order valence-corrected chi connectivity index (χ4v) is 2.26. The molecule has 1 atom stereocenters. The molecule has 1 aliphatic carbocycles. The molecule has 2 N–H and O–H groups in total. The fraction of sp³-hybridized carbons (Fsp3) is 0.846. The van der Waals surface area contributed by atoms with E-state index < -0.39 is 5.97 Å². The van der Waals surface area contributed by atoms with Crippen LogP contribution in [0.2, 0.25) is 0 Å². The smallest absolute Gasteiger partial charge is 0.303 e. The van der Waals surface area contributed by atoms with Crippen molar-refractivity contribution in [1.29, 1.82) is 0 Å². The molecule has 1 saturated carbocycles. The summed E-state index contributed by atoms with van der Waals surface area (Å²) in [4.78, 5) is 24.6. The Kier molecular flexibility index (Phi) is 5.15. The molecule has 19 heavy (non-hydrogen) atoms. The van der Waals surface area contributed by atoms with Crippen molar-refractivity contribution in [2.45, 2.75) is 44.2 Å². The van der Waals surface area contributed by atoms with Crippen molar-refractivity contribution < 1.29 is 19.4 Å². The van der Waals surface area contributed by atoms with Crippen molar-refractivity contribution in [3.05, 3.63) is 0 Å². The summed E-state index contributed by atoms with van der Waals surface area (Å²) in [5, 5.41) is 11.6. The molecule has 0 aromatic carbocycles. The van der Waals surface area contributed by atoms with Crippen LogP contribution in [0.25, 0.3) is 0 Å².